The number of likely N-dealkylation sites (N-methyl/N-ethyl adjacent to an activating group) is 1. The maximum absolute atomic E-state index is 14.0. The number of rotatable bonds is 14. The van der Waals surface area contributed by atoms with Crippen LogP contribution in [0.25, 0.3) is 10.8 Å². The molecule has 2 atom stereocenters. The molecule has 1 amide bonds. The number of hydrogen-bond acceptors (Lipinski definition) is 8. The zero-order valence-corrected chi connectivity index (χ0v) is 34.1. The maximum Gasteiger partial charge on any atom is 0.336 e. The van der Waals surface area contributed by atoms with E-state index >= 15 is 0 Å². The Balaban J connectivity index is 0.000000476. The van der Waals surface area contributed by atoms with Crippen molar-refractivity contribution in [3.8, 4) is 6.07 Å². The third-order valence-electron chi connectivity index (χ3n) is 10.2. The maximum atomic E-state index is 14.0. The highest BCUT2D eigenvalue weighted by atomic mass is 35.5. The molecule has 15 heteroatoms. The zero-order chi connectivity index (χ0) is 42.0. The van der Waals surface area contributed by atoms with Crippen LogP contribution in [0.2, 0.25) is 10.0 Å². The van der Waals surface area contributed by atoms with E-state index in [0.717, 1.165) is 60.1 Å². The molecule has 1 aliphatic rings. The first-order valence-corrected chi connectivity index (χ1v) is 20.4. The minimum absolute atomic E-state index is 0.0328. The van der Waals surface area contributed by atoms with E-state index in [4.69, 9.17) is 43.6 Å². The van der Waals surface area contributed by atoms with Gasteiger partial charge in [-0.3, -0.25) is 18.6 Å². The second-order valence-electron chi connectivity index (χ2n) is 14.2. The molecule has 0 bridgehead atoms. The largest absolute Gasteiger partial charge is 0.481 e. The van der Waals surface area contributed by atoms with Crippen LogP contribution < -0.4 is 0 Å². The van der Waals surface area contributed by atoms with E-state index < -0.39 is 47.2 Å². The predicted octanol–water partition coefficient (Wildman–Crippen LogP) is 6.94. The SMILES string of the molecule is Cc1c(C#N)cc2ccccc2c1C(=O)N(C)CC(CCN1CCC(c2ccccc2[S@](C)=O)CC1)c1ccc(Cl)c(Cl)c1.O=C(O)CC(O)(CC(=O)O)C(=O)O. The number of hydrogen-bond donors (Lipinski definition) is 4. The van der Waals surface area contributed by atoms with Crippen molar-refractivity contribution in [1.82, 2.24) is 9.80 Å². The van der Waals surface area contributed by atoms with Gasteiger partial charge in [-0.25, -0.2) is 4.79 Å². The van der Waals surface area contributed by atoms with E-state index in [1.165, 1.54) is 5.56 Å². The van der Waals surface area contributed by atoms with Crippen LogP contribution in [0.15, 0.2) is 77.7 Å². The monoisotopic (exact) mass is 837 g/mol. The molecule has 0 radical (unpaired) electrons. The van der Waals surface area contributed by atoms with Gasteiger partial charge in [0.1, 0.15) is 0 Å². The average molecular weight is 839 g/mol. The second kappa shape index (κ2) is 20.0. The first kappa shape index (κ1) is 44.9. The summed E-state index contributed by atoms with van der Waals surface area (Å²) >= 11 is 12.7. The summed E-state index contributed by atoms with van der Waals surface area (Å²) in [5.74, 6) is -4.68. The quantitative estimate of drug-likeness (QED) is 0.103. The molecular formula is C42H45Cl2N3O9S. The van der Waals surface area contributed by atoms with Gasteiger partial charge in [0.2, 0.25) is 0 Å². The van der Waals surface area contributed by atoms with Crippen molar-refractivity contribution in [3.63, 3.8) is 0 Å². The van der Waals surface area contributed by atoms with Gasteiger partial charge in [-0.05, 0) is 103 Å². The Bertz CT molecular complexity index is 2190. The molecule has 302 valence electrons. The number of amides is 1. The van der Waals surface area contributed by atoms with Gasteiger partial charge in [0.15, 0.2) is 5.60 Å². The predicted molar refractivity (Wildman–Crippen MR) is 218 cm³/mol. The van der Waals surface area contributed by atoms with Crippen molar-refractivity contribution in [2.45, 2.75) is 61.4 Å². The van der Waals surface area contributed by atoms with Gasteiger partial charge in [0.05, 0.1) is 50.9 Å². The summed E-state index contributed by atoms with van der Waals surface area (Å²) in [7, 11) is 0.831. The molecular weight excluding hydrogens is 793 g/mol. The fraction of sp³-hybridized carbons (Fsp3) is 0.357. The molecule has 4 N–H and O–H groups in total. The van der Waals surface area contributed by atoms with Crippen molar-refractivity contribution in [1.29, 1.82) is 5.26 Å². The van der Waals surface area contributed by atoms with Gasteiger partial charge in [-0.1, -0.05) is 71.7 Å². The molecule has 4 aromatic carbocycles. The summed E-state index contributed by atoms with van der Waals surface area (Å²) in [5, 5.41) is 46.3. The lowest BCUT2D eigenvalue weighted by molar-refractivity contribution is -0.170. The Morgan fingerprint density at radius 3 is 2.14 bits per heavy atom. The topological polar surface area (TPSA) is 197 Å². The molecule has 1 saturated heterocycles. The normalized spacial score (nSPS) is 14.5. The Labute approximate surface area is 343 Å². The van der Waals surface area contributed by atoms with Crippen molar-refractivity contribution < 1.29 is 43.8 Å². The van der Waals surface area contributed by atoms with Gasteiger partial charge in [-0.2, -0.15) is 5.26 Å². The number of piperidine rings is 1. The number of nitriles is 1. The average Bonchev–Trinajstić information content (AvgIpc) is 3.16. The van der Waals surface area contributed by atoms with Gasteiger partial charge < -0.3 is 30.2 Å². The molecule has 1 fully saturated rings. The van der Waals surface area contributed by atoms with Crippen molar-refractivity contribution in [3.05, 3.63) is 111 Å². The number of carbonyl (C=O) groups excluding carboxylic acids is 1. The molecule has 12 nitrogen and oxygen atoms in total. The number of nitrogens with zero attached hydrogens (tertiary/aromatic N) is 3. The third kappa shape index (κ3) is 11.6. The van der Waals surface area contributed by atoms with Gasteiger partial charge >= 0.3 is 17.9 Å². The van der Waals surface area contributed by atoms with Crippen LogP contribution >= 0.6 is 23.2 Å². The minimum atomic E-state index is -2.74. The Kier molecular flexibility index (Phi) is 15.8. The number of carboxylic acid groups (broad SMARTS) is 3. The van der Waals surface area contributed by atoms with Crippen LogP contribution in [-0.2, 0) is 25.2 Å². The van der Waals surface area contributed by atoms with Crippen molar-refractivity contribution in [2.24, 2.45) is 0 Å². The molecule has 0 aromatic heterocycles. The Morgan fingerprint density at radius 2 is 1.56 bits per heavy atom. The lowest BCUT2D eigenvalue weighted by Gasteiger charge is -2.34. The van der Waals surface area contributed by atoms with Crippen molar-refractivity contribution in [2.75, 3.05) is 39.5 Å². The van der Waals surface area contributed by atoms with E-state index in [1.54, 1.807) is 11.2 Å². The number of aliphatic hydroxyl groups is 1. The van der Waals surface area contributed by atoms with Gasteiger partial charge in [0, 0.05) is 30.7 Å². The molecule has 57 heavy (non-hydrogen) atoms. The Hall–Kier alpha value is -4.84. The lowest BCUT2D eigenvalue weighted by atomic mass is 9.88. The summed E-state index contributed by atoms with van der Waals surface area (Å²) in [6.45, 7) is 5.15. The van der Waals surface area contributed by atoms with Gasteiger partial charge in [0.25, 0.3) is 5.91 Å². The third-order valence-corrected chi connectivity index (χ3v) is 12.0. The number of carboxylic acids is 3. The van der Waals surface area contributed by atoms with Crippen molar-refractivity contribution >= 4 is 68.6 Å². The minimum Gasteiger partial charge on any atom is -0.481 e. The molecule has 4 aromatic rings. The molecule has 0 spiro atoms. The second-order valence-corrected chi connectivity index (χ2v) is 16.3. The number of aliphatic carboxylic acids is 3. The van der Waals surface area contributed by atoms with E-state index in [9.17, 15) is 28.6 Å². The van der Waals surface area contributed by atoms with E-state index in [-0.39, 0.29) is 11.8 Å². The fourth-order valence-corrected chi connectivity index (χ4v) is 8.32. The van der Waals surface area contributed by atoms with Crippen LogP contribution in [0.3, 0.4) is 0 Å². The summed E-state index contributed by atoms with van der Waals surface area (Å²) in [6, 6.07) is 25.7. The highest BCUT2D eigenvalue weighted by molar-refractivity contribution is 7.84. The molecule has 1 aliphatic heterocycles. The summed E-state index contributed by atoms with van der Waals surface area (Å²) in [5.41, 5.74) is 1.30. The summed E-state index contributed by atoms with van der Waals surface area (Å²) in [4.78, 5) is 49.7. The number of carbonyl (C=O) groups is 4. The molecule has 5 rings (SSSR count). The summed E-state index contributed by atoms with van der Waals surface area (Å²) in [6.07, 6.45) is 2.34. The molecule has 1 unspecified atom stereocenters. The number of fused-ring (bicyclic) bond motifs is 1. The number of benzene rings is 4. The zero-order valence-electron chi connectivity index (χ0n) is 31.8. The first-order valence-electron chi connectivity index (χ1n) is 18.1. The van der Waals surface area contributed by atoms with E-state index in [0.29, 0.717) is 39.2 Å². The first-order chi connectivity index (χ1) is 26.9. The standard InChI is InChI=1S/C36H37Cl2N3O2S.C6H8O7/c1-24-29(22-39)20-27-8-4-5-10-31(27)35(24)36(42)40(2)23-28(26-12-13-32(37)33(38)21-26)16-19-41-17-14-25(15-18-41)30-9-6-7-11-34(30)44(3)43;7-3(8)1-6(13,5(11)12)2-4(9)10/h4-13,20-21,25,28H,14-19,23H2,1-3H3;13H,1-2H2,(H,7,8)(H,9,10)(H,11,12)/t28?,44-;/m0./s1. The van der Waals surface area contributed by atoms with Gasteiger partial charge in [-0.15, -0.1) is 0 Å². The van der Waals surface area contributed by atoms with Crippen LogP contribution in [0.5, 0.6) is 0 Å². The number of halogens is 2. The highest BCUT2D eigenvalue weighted by Gasteiger charge is 2.40. The van der Waals surface area contributed by atoms with Crippen LogP contribution in [-0.4, -0.2) is 103 Å². The number of likely N-dealkylation sites (tertiary alicyclic amines) is 1. The van der Waals surface area contributed by atoms with Crippen LogP contribution in [0.4, 0.5) is 0 Å². The smallest absolute Gasteiger partial charge is 0.336 e. The lowest BCUT2D eigenvalue weighted by Crippen LogP contribution is -2.42. The van der Waals surface area contributed by atoms with E-state index in [1.807, 2.05) is 80.7 Å². The molecule has 0 aliphatic carbocycles. The van der Waals surface area contributed by atoms with Crippen LogP contribution in [0, 0.1) is 18.3 Å². The Morgan fingerprint density at radius 1 is 0.947 bits per heavy atom. The van der Waals surface area contributed by atoms with E-state index in [2.05, 4.69) is 17.0 Å². The highest BCUT2D eigenvalue weighted by Crippen LogP contribution is 2.34. The molecule has 1 heterocycles. The fourth-order valence-electron chi connectivity index (χ4n) is 7.18. The van der Waals surface area contributed by atoms with Crippen LogP contribution in [0.1, 0.15) is 76.6 Å². The molecule has 0 saturated carbocycles. The summed E-state index contributed by atoms with van der Waals surface area (Å²) < 4.78 is 12.3.